The van der Waals surface area contributed by atoms with Crippen LogP contribution in [0.15, 0.2) is 36.7 Å². The van der Waals surface area contributed by atoms with Crippen molar-refractivity contribution in [3.05, 3.63) is 47.8 Å². The molecule has 1 aliphatic heterocycles. The van der Waals surface area contributed by atoms with Gasteiger partial charge in [0.15, 0.2) is 0 Å². The minimum Gasteiger partial charge on any atom is -0.381 e. The number of halogens is 1. The third-order valence-corrected chi connectivity index (χ3v) is 5.90. The number of nitrogens with zero attached hydrogens (tertiary/aromatic N) is 2. The summed E-state index contributed by atoms with van der Waals surface area (Å²) in [6.07, 6.45) is 5.80. The molecule has 1 atom stereocenters. The maximum absolute atomic E-state index is 12.6. The molecule has 27 heavy (non-hydrogen) atoms. The number of rotatable bonds is 7. The average Bonchev–Trinajstić information content (AvgIpc) is 3.08. The predicted octanol–water partition coefficient (Wildman–Crippen LogP) is 3.15. The molecule has 0 bridgehead atoms. The molecule has 8 heteroatoms. The molecular formula is C19H27ClN4O2S. The number of thioether (sulfide) groups is 1. The lowest BCUT2D eigenvalue weighted by Crippen LogP contribution is -2.30. The summed E-state index contributed by atoms with van der Waals surface area (Å²) in [6.45, 7) is 1.74. The average molecular weight is 411 g/mol. The van der Waals surface area contributed by atoms with E-state index >= 15 is 0 Å². The van der Waals surface area contributed by atoms with Crippen molar-refractivity contribution in [2.45, 2.75) is 29.9 Å². The normalized spacial score (nSPS) is 15.8. The lowest BCUT2D eigenvalue weighted by atomic mass is 10.1. The fraction of sp³-hybridized carbons (Fsp3) is 0.474. The lowest BCUT2D eigenvalue weighted by molar-refractivity contribution is -0.118. The minimum absolute atomic E-state index is 0. The maximum atomic E-state index is 12.6. The molecule has 1 saturated heterocycles. The van der Waals surface area contributed by atoms with Crippen molar-refractivity contribution in [2.24, 2.45) is 7.05 Å². The van der Waals surface area contributed by atoms with Crippen molar-refractivity contribution in [1.82, 2.24) is 15.1 Å². The van der Waals surface area contributed by atoms with E-state index < -0.39 is 6.04 Å². The van der Waals surface area contributed by atoms with Crippen molar-refractivity contribution in [3.63, 3.8) is 0 Å². The second kappa shape index (κ2) is 10.7. The Morgan fingerprint density at radius 1 is 1.41 bits per heavy atom. The van der Waals surface area contributed by atoms with E-state index in [2.05, 4.69) is 27.9 Å². The maximum Gasteiger partial charge on any atom is 0.246 e. The zero-order chi connectivity index (χ0) is 18.4. The Bertz CT molecular complexity index is 734. The first-order valence-electron chi connectivity index (χ1n) is 8.90. The number of aryl methyl sites for hydroxylation is 1. The number of ether oxygens (including phenoxy) is 1. The monoisotopic (exact) mass is 410 g/mol. The van der Waals surface area contributed by atoms with Gasteiger partial charge in [-0.05, 0) is 37.6 Å². The molecule has 0 saturated carbocycles. The second-order valence-corrected chi connectivity index (χ2v) is 7.77. The number of nitrogens with one attached hydrogen (secondary N) is 2. The quantitative estimate of drug-likeness (QED) is 0.733. The highest BCUT2D eigenvalue weighted by molar-refractivity contribution is 7.99. The van der Waals surface area contributed by atoms with Crippen LogP contribution >= 0.6 is 24.2 Å². The third kappa shape index (κ3) is 6.24. The summed E-state index contributed by atoms with van der Waals surface area (Å²) >= 11 is 1.97. The summed E-state index contributed by atoms with van der Waals surface area (Å²) < 4.78 is 7.11. The van der Waals surface area contributed by atoms with Gasteiger partial charge in [0.1, 0.15) is 6.04 Å². The van der Waals surface area contributed by atoms with Gasteiger partial charge in [-0.2, -0.15) is 16.9 Å². The molecule has 3 rings (SSSR count). The van der Waals surface area contributed by atoms with Gasteiger partial charge in [-0.1, -0.05) is 12.1 Å². The summed E-state index contributed by atoms with van der Waals surface area (Å²) in [5, 5.41) is 10.9. The van der Waals surface area contributed by atoms with Crippen molar-refractivity contribution in [3.8, 4) is 0 Å². The molecule has 1 fully saturated rings. The van der Waals surface area contributed by atoms with Crippen LogP contribution in [-0.2, 0) is 22.3 Å². The molecule has 2 aromatic rings. The minimum atomic E-state index is -0.427. The first-order valence-corrected chi connectivity index (χ1v) is 9.95. The zero-order valence-corrected chi connectivity index (χ0v) is 17.3. The SMILES string of the molecule is CNC(C(=O)Nc1cccc(CSC2CCOCC2)c1)c1cnn(C)c1.Cl. The fourth-order valence-electron chi connectivity index (χ4n) is 3.05. The number of likely N-dealkylation sites (N-methyl/N-ethyl adjacent to an activating group) is 1. The van der Waals surface area contributed by atoms with Crippen LogP contribution in [-0.4, -0.2) is 41.2 Å². The van der Waals surface area contributed by atoms with Crippen molar-refractivity contribution >= 4 is 35.8 Å². The standard InChI is InChI=1S/C19H26N4O2S.ClH/c1-20-18(15-11-21-23(2)12-15)19(24)22-16-5-3-4-14(10-16)13-26-17-6-8-25-9-7-17;/h3-5,10-12,17-18,20H,6-9,13H2,1-2H3,(H,22,24);1H. The second-order valence-electron chi connectivity index (χ2n) is 6.48. The van der Waals surface area contributed by atoms with E-state index in [1.54, 1.807) is 17.9 Å². The largest absolute Gasteiger partial charge is 0.381 e. The Balaban J connectivity index is 0.00000261. The summed E-state index contributed by atoms with van der Waals surface area (Å²) in [7, 11) is 3.62. The Hall–Kier alpha value is -1.54. The van der Waals surface area contributed by atoms with Crippen LogP contribution in [0.25, 0.3) is 0 Å². The van der Waals surface area contributed by atoms with E-state index in [0.717, 1.165) is 43.1 Å². The van der Waals surface area contributed by atoms with Crippen molar-refractivity contribution in [2.75, 3.05) is 25.6 Å². The van der Waals surface area contributed by atoms with Crippen molar-refractivity contribution < 1.29 is 9.53 Å². The van der Waals surface area contributed by atoms with Crippen LogP contribution in [0.4, 0.5) is 5.69 Å². The van der Waals surface area contributed by atoms with E-state index in [9.17, 15) is 4.79 Å². The molecule has 2 heterocycles. The van der Waals surface area contributed by atoms with Gasteiger partial charge in [-0.15, -0.1) is 12.4 Å². The number of carbonyl (C=O) groups excluding carboxylic acids is 1. The first-order chi connectivity index (χ1) is 12.7. The number of anilines is 1. The highest BCUT2D eigenvalue weighted by Crippen LogP contribution is 2.26. The summed E-state index contributed by atoms with van der Waals surface area (Å²) in [6, 6.07) is 7.66. The molecule has 1 aromatic carbocycles. The lowest BCUT2D eigenvalue weighted by Gasteiger charge is -2.21. The van der Waals surface area contributed by atoms with Gasteiger partial charge in [0.2, 0.25) is 5.91 Å². The molecule has 148 valence electrons. The molecule has 1 aliphatic rings. The smallest absolute Gasteiger partial charge is 0.246 e. The topological polar surface area (TPSA) is 68.2 Å². The molecule has 1 unspecified atom stereocenters. The van der Waals surface area contributed by atoms with Crippen LogP contribution in [0.5, 0.6) is 0 Å². The number of amides is 1. The van der Waals surface area contributed by atoms with Gasteiger partial charge < -0.3 is 15.4 Å². The molecule has 0 spiro atoms. The molecule has 1 amide bonds. The van der Waals surface area contributed by atoms with Gasteiger partial charge in [0.05, 0.1) is 6.20 Å². The van der Waals surface area contributed by atoms with Crippen LogP contribution in [0.2, 0.25) is 0 Å². The van der Waals surface area contributed by atoms with Gasteiger partial charge in [-0.25, -0.2) is 0 Å². The Morgan fingerprint density at radius 3 is 2.85 bits per heavy atom. The summed E-state index contributed by atoms with van der Waals surface area (Å²) in [4.78, 5) is 12.6. The molecule has 2 N–H and O–H groups in total. The van der Waals surface area contributed by atoms with Gasteiger partial charge >= 0.3 is 0 Å². The van der Waals surface area contributed by atoms with E-state index in [4.69, 9.17) is 4.74 Å². The fourth-order valence-corrected chi connectivity index (χ4v) is 4.18. The number of aromatic nitrogens is 2. The highest BCUT2D eigenvalue weighted by atomic mass is 35.5. The summed E-state index contributed by atoms with van der Waals surface area (Å²) in [5.41, 5.74) is 2.89. The number of benzene rings is 1. The summed E-state index contributed by atoms with van der Waals surface area (Å²) in [5.74, 6) is 0.863. The van der Waals surface area contributed by atoms with Crippen LogP contribution in [0.1, 0.15) is 30.0 Å². The Kier molecular flexibility index (Phi) is 8.63. The Labute approximate surface area is 170 Å². The molecule has 0 aliphatic carbocycles. The first kappa shape index (κ1) is 21.8. The zero-order valence-electron chi connectivity index (χ0n) is 15.7. The molecule has 1 aromatic heterocycles. The van der Waals surface area contributed by atoms with Crippen LogP contribution < -0.4 is 10.6 Å². The van der Waals surface area contributed by atoms with Crippen LogP contribution in [0, 0.1) is 0 Å². The van der Waals surface area contributed by atoms with E-state index in [1.165, 1.54) is 5.56 Å². The Morgan fingerprint density at radius 2 is 2.19 bits per heavy atom. The molecule has 6 nitrogen and oxygen atoms in total. The van der Waals surface area contributed by atoms with Crippen molar-refractivity contribution in [1.29, 1.82) is 0 Å². The van der Waals surface area contributed by atoms with E-state index in [0.29, 0.717) is 5.25 Å². The van der Waals surface area contributed by atoms with Gasteiger partial charge in [0.25, 0.3) is 0 Å². The van der Waals surface area contributed by atoms with E-state index in [1.807, 2.05) is 37.1 Å². The van der Waals surface area contributed by atoms with Crippen LogP contribution in [0.3, 0.4) is 0 Å². The molecular weight excluding hydrogens is 384 g/mol. The molecule has 0 radical (unpaired) electrons. The van der Waals surface area contributed by atoms with E-state index in [-0.39, 0.29) is 18.3 Å². The van der Waals surface area contributed by atoms with Gasteiger partial charge in [0, 0.05) is 48.7 Å². The number of hydrogen-bond acceptors (Lipinski definition) is 5. The number of hydrogen-bond donors (Lipinski definition) is 2. The third-order valence-electron chi connectivity index (χ3n) is 4.46. The predicted molar refractivity (Wildman–Crippen MR) is 112 cm³/mol. The van der Waals surface area contributed by atoms with Gasteiger partial charge in [-0.3, -0.25) is 9.48 Å². The number of carbonyl (C=O) groups is 1. The highest BCUT2D eigenvalue weighted by Gasteiger charge is 2.20.